The minimum atomic E-state index is -0.761. The molecule has 0 radical (unpaired) electrons. The van der Waals surface area contributed by atoms with Crippen LogP contribution in [0.15, 0.2) is 36.5 Å². The lowest BCUT2D eigenvalue weighted by Gasteiger charge is -2.18. The molecule has 1 fully saturated rings. The summed E-state index contributed by atoms with van der Waals surface area (Å²) in [5.74, 6) is -0.579. The molecule has 25 heavy (non-hydrogen) atoms. The van der Waals surface area contributed by atoms with E-state index in [2.05, 4.69) is 19.6 Å². The smallest absolute Gasteiger partial charge is 0.303 e. The van der Waals surface area contributed by atoms with Crippen molar-refractivity contribution in [1.82, 2.24) is 0 Å². The molecule has 4 atom stereocenters. The van der Waals surface area contributed by atoms with Crippen molar-refractivity contribution in [1.29, 1.82) is 0 Å². The zero-order valence-corrected chi connectivity index (χ0v) is 15.4. The van der Waals surface area contributed by atoms with E-state index in [-0.39, 0.29) is 18.3 Å². The van der Waals surface area contributed by atoms with Crippen molar-refractivity contribution in [3.05, 3.63) is 36.5 Å². The number of allylic oxidation sites excluding steroid dienone is 2. The molecule has 1 aliphatic carbocycles. The lowest BCUT2D eigenvalue weighted by atomic mass is 9.89. The second kappa shape index (κ2) is 12.0. The van der Waals surface area contributed by atoms with E-state index in [0.29, 0.717) is 12.8 Å². The van der Waals surface area contributed by atoms with E-state index < -0.39 is 18.2 Å². The molecule has 142 valence electrons. The van der Waals surface area contributed by atoms with Gasteiger partial charge >= 0.3 is 5.97 Å². The van der Waals surface area contributed by atoms with Crippen LogP contribution in [0.25, 0.3) is 0 Å². The maximum atomic E-state index is 10.5. The second-order valence-corrected chi connectivity index (χ2v) is 7.05. The van der Waals surface area contributed by atoms with Crippen molar-refractivity contribution >= 4 is 5.97 Å². The Kier molecular flexibility index (Phi) is 10.4. The first-order valence-electron chi connectivity index (χ1n) is 9.54. The minimum absolute atomic E-state index is 0.00278. The average Bonchev–Trinajstić information content (AvgIpc) is 2.82. The summed E-state index contributed by atoms with van der Waals surface area (Å²) in [5.41, 5.74) is 1.05. The van der Waals surface area contributed by atoms with Gasteiger partial charge in [0.2, 0.25) is 0 Å². The van der Waals surface area contributed by atoms with E-state index in [0.717, 1.165) is 44.1 Å². The second-order valence-electron chi connectivity index (χ2n) is 7.05. The van der Waals surface area contributed by atoms with E-state index >= 15 is 0 Å². The number of aliphatic hydroxyl groups excluding tert-OH is 2. The van der Waals surface area contributed by atoms with Crippen molar-refractivity contribution in [2.24, 2.45) is 11.8 Å². The van der Waals surface area contributed by atoms with Gasteiger partial charge < -0.3 is 15.3 Å². The summed E-state index contributed by atoms with van der Waals surface area (Å²) < 4.78 is 0. The van der Waals surface area contributed by atoms with Crippen LogP contribution in [0.4, 0.5) is 0 Å². The van der Waals surface area contributed by atoms with Crippen LogP contribution in [0.5, 0.6) is 0 Å². The van der Waals surface area contributed by atoms with Crippen molar-refractivity contribution in [3.63, 3.8) is 0 Å². The standard InChI is InChI=1S/C21H34O4/c1-3-4-7-10-17(22)13-14-19-18(16(2)15-20(19)23)11-8-5-6-9-12-21(24)25/h5,8,13-14,17-20,22-23H,2-4,6-7,9-12,15H2,1H3,(H,24,25)/b8-5+,14-13+/t17-,18-,19+,20+/m0/s1. The van der Waals surface area contributed by atoms with Gasteiger partial charge in [0.15, 0.2) is 0 Å². The quantitative estimate of drug-likeness (QED) is 0.363. The molecule has 0 unspecified atom stereocenters. The lowest BCUT2D eigenvalue weighted by Crippen LogP contribution is -2.17. The number of unbranched alkanes of at least 4 members (excludes halogenated alkanes) is 3. The normalized spacial score (nSPS) is 25.2. The highest BCUT2D eigenvalue weighted by atomic mass is 16.4. The van der Waals surface area contributed by atoms with Gasteiger partial charge in [-0.05, 0) is 38.0 Å². The van der Waals surface area contributed by atoms with Gasteiger partial charge in [-0.1, -0.05) is 62.6 Å². The molecule has 1 saturated carbocycles. The fraction of sp³-hybridized carbons (Fsp3) is 0.667. The predicted octanol–water partition coefficient (Wildman–Crippen LogP) is 4.24. The Balaban J connectivity index is 2.48. The molecule has 0 heterocycles. The molecular formula is C21H34O4. The first-order valence-corrected chi connectivity index (χ1v) is 9.54. The lowest BCUT2D eigenvalue weighted by molar-refractivity contribution is -0.137. The van der Waals surface area contributed by atoms with E-state index in [9.17, 15) is 15.0 Å². The highest BCUT2D eigenvalue weighted by Gasteiger charge is 2.35. The van der Waals surface area contributed by atoms with Gasteiger partial charge in [0.1, 0.15) is 0 Å². The molecule has 4 heteroatoms. The van der Waals surface area contributed by atoms with Crippen LogP contribution in [0.1, 0.15) is 64.7 Å². The zero-order chi connectivity index (χ0) is 18.7. The summed E-state index contributed by atoms with van der Waals surface area (Å²) in [6, 6.07) is 0. The van der Waals surface area contributed by atoms with Crippen LogP contribution in [0.3, 0.4) is 0 Å². The Labute approximate surface area is 152 Å². The van der Waals surface area contributed by atoms with Crippen molar-refractivity contribution in [3.8, 4) is 0 Å². The van der Waals surface area contributed by atoms with Gasteiger partial charge in [-0.25, -0.2) is 0 Å². The van der Waals surface area contributed by atoms with Crippen LogP contribution < -0.4 is 0 Å². The summed E-state index contributed by atoms with van der Waals surface area (Å²) in [4.78, 5) is 10.5. The maximum Gasteiger partial charge on any atom is 0.303 e. The van der Waals surface area contributed by atoms with Crippen LogP contribution in [-0.4, -0.2) is 33.5 Å². The number of rotatable bonds is 12. The first kappa shape index (κ1) is 21.7. The van der Waals surface area contributed by atoms with Gasteiger partial charge in [0.05, 0.1) is 12.2 Å². The summed E-state index contributed by atoms with van der Waals surface area (Å²) >= 11 is 0. The topological polar surface area (TPSA) is 77.8 Å². The van der Waals surface area contributed by atoms with Gasteiger partial charge in [-0.2, -0.15) is 0 Å². The van der Waals surface area contributed by atoms with Crippen molar-refractivity contribution in [2.75, 3.05) is 0 Å². The van der Waals surface area contributed by atoms with E-state index in [1.807, 2.05) is 18.2 Å². The van der Waals surface area contributed by atoms with Crippen LogP contribution >= 0.6 is 0 Å². The summed E-state index contributed by atoms with van der Waals surface area (Å²) in [6.07, 6.45) is 14.0. The summed E-state index contributed by atoms with van der Waals surface area (Å²) in [5, 5.41) is 28.9. The molecule has 0 spiro atoms. The first-order chi connectivity index (χ1) is 12.0. The number of carbonyl (C=O) groups is 1. The molecule has 0 amide bonds. The number of carboxylic acids is 1. The molecule has 0 aromatic heterocycles. The summed E-state index contributed by atoms with van der Waals surface area (Å²) in [6.45, 7) is 6.24. The predicted molar refractivity (Wildman–Crippen MR) is 101 cm³/mol. The third-order valence-corrected chi connectivity index (χ3v) is 4.88. The Morgan fingerprint density at radius 1 is 1.32 bits per heavy atom. The van der Waals surface area contributed by atoms with Gasteiger partial charge in [-0.3, -0.25) is 4.79 Å². The van der Waals surface area contributed by atoms with E-state index in [4.69, 9.17) is 5.11 Å². The number of hydrogen-bond donors (Lipinski definition) is 3. The van der Waals surface area contributed by atoms with Gasteiger partial charge in [0, 0.05) is 12.3 Å². The Hall–Kier alpha value is -1.39. The van der Waals surface area contributed by atoms with Crippen LogP contribution in [0.2, 0.25) is 0 Å². The molecule has 0 saturated heterocycles. The molecule has 0 aliphatic heterocycles. The maximum absolute atomic E-state index is 10.5. The van der Waals surface area contributed by atoms with Crippen LogP contribution in [-0.2, 0) is 4.79 Å². The molecule has 0 bridgehead atoms. The largest absolute Gasteiger partial charge is 0.481 e. The highest BCUT2D eigenvalue weighted by Crippen LogP contribution is 2.39. The molecular weight excluding hydrogens is 316 g/mol. The molecule has 1 aliphatic rings. The molecule has 0 aromatic rings. The van der Waals surface area contributed by atoms with Gasteiger partial charge in [-0.15, -0.1) is 0 Å². The average molecular weight is 350 g/mol. The number of aliphatic hydroxyl groups is 2. The van der Waals surface area contributed by atoms with Crippen molar-refractivity contribution in [2.45, 2.75) is 76.9 Å². The molecule has 0 aromatic carbocycles. The fourth-order valence-electron chi connectivity index (χ4n) is 3.37. The number of aliphatic carboxylic acids is 1. The van der Waals surface area contributed by atoms with Gasteiger partial charge in [0.25, 0.3) is 0 Å². The fourth-order valence-corrected chi connectivity index (χ4v) is 3.37. The number of hydrogen-bond acceptors (Lipinski definition) is 3. The Bertz CT molecular complexity index is 467. The third-order valence-electron chi connectivity index (χ3n) is 4.88. The summed E-state index contributed by atoms with van der Waals surface area (Å²) in [7, 11) is 0. The van der Waals surface area contributed by atoms with Crippen LogP contribution in [0, 0.1) is 11.8 Å². The SMILES string of the molecule is C=C1C[C@@H](O)[C@H](/C=C/[C@@H](O)CCCCC)[C@H]1C/C=C/CCCC(=O)O. The Morgan fingerprint density at radius 3 is 2.76 bits per heavy atom. The molecule has 4 nitrogen and oxygen atoms in total. The van der Waals surface area contributed by atoms with Crippen molar-refractivity contribution < 1.29 is 20.1 Å². The monoisotopic (exact) mass is 350 g/mol. The molecule has 1 rings (SSSR count). The van der Waals surface area contributed by atoms with E-state index in [1.54, 1.807) is 0 Å². The zero-order valence-electron chi connectivity index (χ0n) is 15.4. The minimum Gasteiger partial charge on any atom is -0.481 e. The number of carboxylic acid groups (broad SMARTS) is 1. The Morgan fingerprint density at radius 2 is 2.08 bits per heavy atom. The molecule has 3 N–H and O–H groups in total. The third kappa shape index (κ3) is 8.50. The van der Waals surface area contributed by atoms with E-state index in [1.165, 1.54) is 0 Å². The highest BCUT2D eigenvalue weighted by molar-refractivity contribution is 5.66.